The molecule has 1 rings (SSSR count). The Morgan fingerprint density at radius 3 is 3.00 bits per heavy atom. The minimum atomic E-state index is -0.481. The van der Waals surface area contributed by atoms with Crippen LogP contribution in [0.25, 0.3) is 0 Å². The molecule has 0 atom stereocenters. The van der Waals surface area contributed by atoms with Crippen LogP contribution in [0, 0.1) is 16.0 Å². The average molecular weight is 198 g/mol. The summed E-state index contributed by atoms with van der Waals surface area (Å²) in [5.41, 5.74) is 0.454. The first-order valence-electron chi connectivity index (χ1n) is 4.53. The molecule has 1 aromatic rings. The van der Waals surface area contributed by atoms with Gasteiger partial charge in [0.25, 0.3) is 0 Å². The molecule has 0 amide bonds. The molecule has 1 heterocycles. The van der Waals surface area contributed by atoms with Crippen LogP contribution >= 0.6 is 0 Å². The summed E-state index contributed by atoms with van der Waals surface area (Å²) < 4.78 is 0. The van der Waals surface area contributed by atoms with E-state index in [1.807, 2.05) is 0 Å². The summed E-state index contributed by atoms with van der Waals surface area (Å²) in [6, 6.07) is 0. The maximum atomic E-state index is 10.5. The van der Waals surface area contributed by atoms with E-state index >= 15 is 0 Å². The molecule has 0 aliphatic rings. The molecule has 78 valence electrons. The van der Waals surface area contributed by atoms with E-state index in [4.69, 9.17) is 0 Å². The van der Waals surface area contributed by atoms with Crippen molar-refractivity contribution < 1.29 is 4.92 Å². The van der Waals surface area contributed by atoms with E-state index in [0.717, 1.165) is 13.0 Å². The van der Waals surface area contributed by atoms with Crippen LogP contribution in [0.1, 0.15) is 20.3 Å². The smallest absolute Gasteiger partial charge is 0.366 e. The molecule has 0 aliphatic heterocycles. The molecular weight excluding hydrogens is 184 g/mol. The molecule has 0 saturated heterocycles. The van der Waals surface area contributed by atoms with Gasteiger partial charge in [0.05, 0.1) is 0 Å². The second-order valence-electron chi connectivity index (χ2n) is 3.50. The van der Waals surface area contributed by atoms with Gasteiger partial charge in [-0.15, -0.1) is 5.10 Å². The lowest BCUT2D eigenvalue weighted by Crippen LogP contribution is -2.05. The molecule has 2 N–H and O–H groups in total. The number of nitrogens with one attached hydrogen (secondary N) is 2. The summed E-state index contributed by atoms with van der Waals surface area (Å²) in [7, 11) is 0. The molecule has 0 bridgehead atoms. The van der Waals surface area contributed by atoms with Crippen LogP contribution in [0.5, 0.6) is 0 Å². The van der Waals surface area contributed by atoms with E-state index in [1.165, 1.54) is 6.20 Å². The van der Waals surface area contributed by atoms with Gasteiger partial charge in [-0.25, -0.2) is 0 Å². The molecule has 0 spiro atoms. The van der Waals surface area contributed by atoms with Gasteiger partial charge in [0.1, 0.15) is 6.20 Å². The monoisotopic (exact) mass is 198 g/mol. The predicted octanol–water partition coefficient (Wildman–Crippen LogP) is 1.78. The first-order chi connectivity index (χ1) is 6.61. The number of rotatable bonds is 5. The van der Waals surface area contributed by atoms with Crippen LogP contribution in [0.15, 0.2) is 6.20 Å². The molecule has 0 fully saturated rings. The van der Waals surface area contributed by atoms with Gasteiger partial charge >= 0.3 is 5.82 Å². The van der Waals surface area contributed by atoms with Crippen molar-refractivity contribution in [2.45, 2.75) is 20.3 Å². The molecule has 0 aromatic carbocycles. The highest BCUT2D eigenvalue weighted by molar-refractivity contribution is 5.55. The summed E-state index contributed by atoms with van der Waals surface area (Å²) in [4.78, 5) is 9.99. The number of H-pyrrole nitrogens is 1. The number of aromatic nitrogens is 2. The Labute approximate surface area is 81.9 Å². The first-order valence-corrected chi connectivity index (χ1v) is 4.53. The topological polar surface area (TPSA) is 83.8 Å². The SMILES string of the molecule is CC(C)CCNc1cn[nH]c1[N+](=O)[O-]. The Balaban J connectivity index is 2.50. The van der Waals surface area contributed by atoms with Crippen LogP contribution < -0.4 is 5.32 Å². The summed E-state index contributed by atoms with van der Waals surface area (Å²) in [6.45, 7) is 4.93. The van der Waals surface area contributed by atoms with Crippen LogP contribution in [0.2, 0.25) is 0 Å². The maximum Gasteiger partial charge on any atom is 0.366 e. The van der Waals surface area contributed by atoms with Gasteiger partial charge in [-0.2, -0.15) is 0 Å². The van der Waals surface area contributed by atoms with Crippen molar-refractivity contribution in [2.24, 2.45) is 5.92 Å². The Morgan fingerprint density at radius 2 is 2.43 bits per heavy atom. The lowest BCUT2D eigenvalue weighted by molar-refractivity contribution is -0.388. The lowest BCUT2D eigenvalue weighted by atomic mass is 10.1. The number of hydrogen-bond donors (Lipinski definition) is 2. The number of nitrogens with zero attached hydrogens (tertiary/aromatic N) is 2. The Kier molecular flexibility index (Phi) is 3.44. The standard InChI is InChI=1S/C8H14N4O2/c1-6(2)3-4-9-7-5-10-11-8(7)12(13)14/h5-6,9H,3-4H2,1-2H3,(H,10,11). The Bertz CT molecular complexity index is 308. The number of aromatic amines is 1. The Morgan fingerprint density at radius 1 is 1.71 bits per heavy atom. The fraction of sp³-hybridized carbons (Fsp3) is 0.625. The van der Waals surface area contributed by atoms with Crippen LogP contribution in [-0.4, -0.2) is 21.7 Å². The summed E-state index contributed by atoms with van der Waals surface area (Å²) in [5, 5.41) is 19.4. The second-order valence-corrected chi connectivity index (χ2v) is 3.50. The minimum Gasteiger partial charge on any atom is -0.377 e. The van der Waals surface area contributed by atoms with Crippen molar-refractivity contribution in [2.75, 3.05) is 11.9 Å². The highest BCUT2D eigenvalue weighted by Crippen LogP contribution is 2.19. The number of anilines is 1. The van der Waals surface area contributed by atoms with Crippen molar-refractivity contribution >= 4 is 11.5 Å². The van der Waals surface area contributed by atoms with Crippen LogP contribution in [0.4, 0.5) is 11.5 Å². The zero-order chi connectivity index (χ0) is 10.6. The van der Waals surface area contributed by atoms with Gasteiger partial charge in [0.15, 0.2) is 5.69 Å². The van der Waals surface area contributed by atoms with Gasteiger partial charge in [-0.1, -0.05) is 18.9 Å². The zero-order valence-electron chi connectivity index (χ0n) is 8.28. The molecule has 0 saturated carbocycles. The lowest BCUT2D eigenvalue weighted by Gasteiger charge is -2.05. The summed E-state index contributed by atoms with van der Waals surface area (Å²) in [5.74, 6) is 0.502. The van der Waals surface area contributed by atoms with Gasteiger partial charge in [0, 0.05) is 6.54 Å². The number of nitro groups is 1. The predicted molar refractivity (Wildman–Crippen MR) is 53.2 cm³/mol. The second kappa shape index (κ2) is 4.59. The van der Waals surface area contributed by atoms with E-state index in [1.54, 1.807) is 0 Å². The van der Waals surface area contributed by atoms with E-state index in [-0.39, 0.29) is 5.82 Å². The van der Waals surface area contributed by atoms with Crippen molar-refractivity contribution in [3.05, 3.63) is 16.3 Å². The van der Waals surface area contributed by atoms with Gasteiger partial charge in [-0.3, -0.25) is 0 Å². The van der Waals surface area contributed by atoms with Gasteiger partial charge < -0.3 is 15.4 Å². The molecule has 1 aromatic heterocycles. The van der Waals surface area contributed by atoms with Crippen LogP contribution in [-0.2, 0) is 0 Å². The van der Waals surface area contributed by atoms with E-state index < -0.39 is 4.92 Å². The molecule has 0 unspecified atom stereocenters. The van der Waals surface area contributed by atoms with Crippen molar-refractivity contribution in [3.63, 3.8) is 0 Å². The third kappa shape index (κ3) is 2.72. The minimum absolute atomic E-state index is 0.0752. The fourth-order valence-corrected chi connectivity index (χ4v) is 1.04. The van der Waals surface area contributed by atoms with Crippen molar-refractivity contribution in [1.29, 1.82) is 0 Å². The van der Waals surface area contributed by atoms with Gasteiger partial charge in [-0.05, 0) is 17.3 Å². The molecule has 0 aliphatic carbocycles. The highest BCUT2D eigenvalue weighted by Gasteiger charge is 2.13. The largest absolute Gasteiger partial charge is 0.377 e. The summed E-state index contributed by atoms with van der Waals surface area (Å²) in [6.07, 6.45) is 2.40. The summed E-state index contributed by atoms with van der Waals surface area (Å²) >= 11 is 0. The van der Waals surface area contributed by atoms with Crippen molar-refractivity contribution in [3.8, 4) is 0 Å². The average Bonchev–Trinajstić information content (AvgIpc) is 2.51. The first kappa shape index (κ1) is 10.5. The van der Waals surface area contributed by atoms with E-state index in [0.29, 0.717) is 11.6 Å². The molecule has 6 heteroatoms. The number of hydrogen-bond acceptors (Lipinski definition) is 4. The maximum absolute atomic E-state index is 10.5. The Hall–Kier alpha value is -1.59. The van der Waals surface area contributed by atoms with Crippen LogP contribution in [0.3, 0.4) is 0 Å². The third-order valence-electron chi connectivity index (χ3n) is 1.84. The highest BCUT2D eigenvalue weighted by atomic mass is 16.6. The molecule has 14 heavy (non-hydrogen) atoms. The normalized spacial score (nSPS) is 10.5. The van der Waals surface area contributed by atoms with Crippen molar-refractivity contribution in [1.82, 2.24) is 10.2 Å². The molecule has 6 nitrogen and oxygen atoms in total. The van der Waals surface area contributed by atoms with E-state index in [2.05, 4.69) is 29.4 Å². The van der Waals surface area contributed by atoms with E-state index in [9.17, 15) is 10.1 Å². The molecule has 0 radical (unpaired) electrons. The third-order valence-corrected chi connectivity index (χ3v) is 1.84. The quantitative estimate of drug-likeness (QED) is 0.558. The fourth-order valence-electron chi connectivity index (χ4n) is 1.04. The zero-order valence-corrected chi connectivity index (χ0v) is 8.28. The molecular formula is C8H14N4O2. The van der Waals surface area contributed by atoms with Gasteiger partial charge in [0.2, 0.25) is 0 Å².